The van der Waals surface area contributed by atoms with Crippen molar-refractivity contribution in [1.29, 1.82) is 15.8 Å². The Labute approximate surface area is 129 Å². The van der Waals surface area contributed by atoms with Crippen molar-refractivity contribution in [1.82, 2.24) is 0 Å². The normalized spacial score (nSPS) is 12.0. The third-order valence-electron chi connectivity index (χ3n) is 3.41. The van der Waals surface area contributed by atoms with Crippen molar-refractivity contribution in [2.45, 2.75) is 13.1 Å². The maximum atomic E-state index is 12.9. The lowest BCUT2D eigenvalue weighted by Gasteiger charge is -2.09. The highest BCUT2D eigenvalue weighted by molar-refractivity contribution is 5.91. The van der Waals surface area contributed by atoms with Gasteiger partial charge < -0.3 is 0 Å². The van der Waals surface area contributed by atoms with E-state index in [-0.39, 0.29) is 16.2 Å². The molecule has 23 heavy (non-hydrogen) atoms. The fourth-order valence-electron chi connectivity index (χ4n) is 2.28. The van der Waals surface area contributed by atoms with Gasteiger partial charge in [0.2, 0.25) is 0 Å². The van der Waals surface area contributed by atoms with Crippen LogP contribution in [0.3, 0.4) is 0 Å². The number of nitrogens with zero attached hydrogens (tertiary/aromatic N) is 3. The average Bonchev–Trinajstić information content (AvgIpc) is 2.54. The Hall–Kier alpha value is -3.30. The van der Waals surface area contributed by atoms with E-state index >= 15 is 0 Å². The van der Waals surface area contributed by atoms with Gasteiger partial charge in [0, 0.05) is 10.8 Å². The molecule has 112 valence electrons. The molecule has 0 spiro atoms. The zero-order valence-electron chi connectivity index (χ0n) is 11.9. The van der Waals surface area contributed by atoms with Crippen molar-refractivity contribution in [2.24, 2.45) is 0 Å². The smallest absolute Gasteiger partial charge is 0.193 e. The highest BCUT2D eigenvalue weighted by atomic mass is 19.4. The molecule has 0 fully saturated rings. The minimum absolute atomic E-state index is 0.116. The lowest BCUT2D eigenvalue weighted by Crippen LogP contribution is -2.16. The summed E-state index contributed by atoms with van der Waals surface area (Å²) in [4.78, 5) is 0. The molecule has 0 radical (unpaired) electrons. The second kappa shape index (κ2) is 5.83. The topological polar surface area (TPSA) is 71.4 Å². The molecule has 0 N–H and O–H groups in total. The molecule has 0 aliphatic carbocycles. The van der Waals surface area contributed by atoms with Crippen LogP contribution in [0, 0.1) is 34.0 Å². The summed E-state index contributed by atoms with van der Waals surface area (Å²) in [5, 5.41) is 28.1. The summed E-state index contributed by atoms with van der Waals surface area (Å²) in [6.07, 6.45) is -4.55. The highest BCUT2D eigenvalue weighted by Gasteiger charge is 2.30. The van der Waals surface area contributed by atoms with Crippen LogP contribution in [0.5, 0.6) is 0 Å². The van der Waals surface area contributed by atoms with Gasteiger partial charge in [-0.1, -0.05) is 18.2 Å². The largest absolute Gasteiger partial charge is 0.416 e. The van der Waals surface area contributed by atoms with Gasteiger partial charge in [-0.3, -0.25) is 0 Å². The maximum Gasteiger partial charge on any atom is 0.416 e. The fourth-order valence-corrected chi connectivity index (χ4v) is 2.28. The van der Waals surface area contributed by atoms with E-state index in [1.807, 2.05) is 6.07 Å². The van der Waals surface area contributed by atoms with Crippen LogP contribution in [0.25, 0.3) is 21.9 Å². The Balaban J connectivity index is 3.16. The number of hydrogen-bond donors (Lipinski definition) is 0. The summed E-state index contributed by atoms with van der Waals surface area (Å²) < 4.78 is 38.8. The van der Waals surface area contributed by atoms with E-state index in [0.29, 0.717) is 16.2 Å². The van der Waals surface area contributed by atoms with Crippen LogP contribution in [0.4, 0.5) is 13.2 Å². The monoisotopic (exact) mass is 311 g/mol. The van der Waals surface area contributed by atoms with Gasteiger partial charge in [0.1, 0.15) is 17.7 Å². The predicted molar refractivity (Wildman–Crippen MR) is 77.5 cm³/mol. The van der Waals surface area contributed by atoms with Crippen molar-refractivity contribution in [2.75, 3.05) is 0 Å². The second-order valence-electron chi connectivity index (χ2n) is 4.75. The maximum absolute atomic E-state index is 12.9. The number of alkyl halides is 3. The molecule has 0 unspecified atom stereocenters. The van der Waals surface area contributed by atoms with Crippen LogP contribution in [0.15, 0.2) is 30.3 Å². The van der Waals surface area contributed by atoms with E-state index in [0.717, 1.165) is 12.1 Å². The molecule has 2 aromatic carbocycles. The van der Waals surface area contributed by atoms with Crippen molar-refractivity contribution < 1.29 is 13.2 Å². The van der Waals surface area contributed by atoms with E-state index < -0.39 is 11.7 Å². The quantitative estimate of drug-likeness (QED) is 0.751. The number of fused-ring (bicyclic) bond motifs is 1. The first-order chi connectivity index (χ1) is 10.8. The third kappa shape index (κ3) is 2.86. The number of nitriles is 3. The van der Waals surface area contributed by atoms with Crippen LogP contribution < -0.4 is 10.4 Å². The molecule has 0 atom stereocenters. The van der Waals surface area contributed by atoms with Gasteiger partial charge in [-0.05, 0) is 35.0 Å². The zero-order valence-corrected chi connectivity index (χ0v) is 11.9. The minimum atomic E-state index is -4.55. The molecule has 0 heterocycles. The minimum Gasteiger partial charge on any atom is -0.193 e. The second-order valence-corrected chi connectivity index (χ2v) is 4.75. The average molecular weight is 311 g/mol. The zero-order chi connectivity index (χ0) is 17.2. The molecular formula is C17H8F3N3. The van der Waals surface area contributed by atoms with Gasteiger partial charge in [0.05, 0.1) is 11.6 Å². The Morgan fingerprint density at radius 2 is 1.48 bits per heavy atom. The van der Waals surface area contributed by atoms with E-state index in [9.17, 15) is 13.2 Å². The number of rotatable bonds is 0. The molecule has 0 aromatic heterocycles. The fraction of sp³-hybridized carbons (Fsp3) is 0.118. The van der Waals surface area contributed by atoms with Gasteiger partial charge in [0.25, 0.3) is 0 Å². The molecule has 0 aliphatic rings. The summed E-state index contributed by atoms with van der Waals surface area (Å²) in [6, 6.07) is 11.3. The molecule has 3 nitrogen and oxygen atoms in total. The summed E-state index contributed by atoms with van der Waals surface area (Å²) in [7, 11) is 0. The molecule has 0 aliphatic heterocycles. The molecule has 2 rings (SSSR count). The summed E-state index contributed by atoms with van der Waals surface area (Å²) >= 11 is 0. The first-order valence-electron chi connectivity index (χ1n) is 6.39. The molecule has 6 heteroatoms. The van der Waals surface area contributed by atoms with E-state index in [2.05, 4.69) is 0 Å². The number of hydrogen-bond acceptors (Lipinski definition) is 3. The molecule has 0 saturated carbocycles. The van der Waals surface area contributed by atoms with Crippen molar-refractivity contribution in [3.8, 4) is 18.2 Å². The first kappa shape index (κ1) is 16.1. The van der Waals surface area contributed by atoms with E-state index in [1.54, 1.807) is 19.1 Å². The Bertz CT molecular complexity index is 1030. The van der Waals surface area contributed by atoms with Crippen molar-refractivity contribution in [3.63, 3.8) is 0 Å². The van der Waals surface area contributed by atoms with Crippen LogP contribution >= 0.6 is 0 Å². The Kier molecular flexibility index (Phi) is 4.08. The SMILES string of the molecule is C/C(C#N)=c1/ccc(=C(C#N)C#N)c2cc(C(F)(F)F)ccc12. The molecule has 2 aromatic rings. The first-order valence-corrected chi connectivity index (χ1v) is 6.39. The molecule has 0 saturated heterocycles. The van der Waals surface area contributed by atoms with Gasteiger partial charge in [0.15, 0.2) is 0 Å². The molecule has 0 bridgehead atoms. The Morgan fingerprint density at radius 1 is 0.870 bits per heavy atom. The van der Waals surface area contributed by atoms with Crippen molar-refractivity contribution >= 4 is 21.9 Å². The lowest BCUT2D eigenvalue weighted by molar-refractivity contribution is -0.137. The van der Waals surface area contributed by atoms with Gasteiger partial charge in [-0.2, -0.15) is 29.0 Å². The standard InChI is InChI=1S/C17H8F3N3/c1-10(7-21)13-4-5-14(11(8-22)9-23)16-6-12(17(18,19)20)2-3-15(13)16/h2-6H,1H3/b13-10+. The van der Waals surface area contributed by atoms with E-state index in [1.165, 1.54) is 18.2 Å². The third-order valence-corrected chi connectivity index (χ3v) is 3.41. The van der Waals surface area contributed by atoms with Gasteiger partial charge >= 0.3 is 6.18 Å². The van der Waals surface area contributed by atoms with Crippen LogP contribution in [-0.4, -0.2) is 0 Å². The van der Waals surface area contributed by atoms with Crippen molar-refractivity contribution in [3.05, 3.63) is 46.3 Å². The summed E-state index contributed by atoms with van der Waals surface area (Å²) in [5.41, 5.74) is -0.833. The Morgan fingerprint density at radius 3 is 2.00 bits per heavy atom. The van der Waals surface area contributed by atoms with Crippen LogP contribution in [0.1, 0.15) is 12.5 Å². The predicted octanol–water partition coefficient (Wildman–Crippen LogP) is 2.75. The lowest BCUT2D eigenvalue weighted by atomic mass is 9.99. The highest BCUT2D eigenvalue weighted by Crippen LogP contribution is 2.30. The summed E-state index contributed by atoms with van der Waals surface area (Å²) in [5.74, 6) is 0. The summed E-state index contributed by atoms with van der Waals surface area (Å²) in [6.45, 7) is 1.55. The van der Waals surface area contributed by atoms with E-state index in [4.69, 9.17) is 15.8 Å². The van der Waals surface area contributed by atoms with Gasteiger partial charge in [-0.15, -0.1) is 0 Å². The van der Waals surface area contributed by atoms with Gasteiger partial charge in [-0.25, -0.2) is 0 Å². The van der Waals surface area contributed by atoms with Crippen LogP contribution in [-0.2, 0) is 6.18 Å². The van der Waals surface area contributed by atoms with Crippen LogP contribution in [0.2, 0.25) is 0 Å². The molecular weight excluding hydrogens is 303 g/mol. The molecule has 0 amide bonds. The number of benzene rings is 2. The number of halogens is 3.